The lowest BCUT2D eigenvalue weighted by atomic mass is 9.97. The van der Waals surface area contributed by atoms with E-state index >= 15 is 0 Å². The largest absolute Gasteiger partial charge is 0.497 e. The van der Waals surface area contributed by atoms with Crippen LogP contribution in [0.1, 0.15) is 29.3 Å². The molecule has 0 N–H and O–H groups in total. The second-order valence-corrected chi connectivity index (χ2v) is 7.77. The van der Waals surface area contributed by atoms with E-state index in [1.165, 1.54) is 9.71 Å². The lowest BCUT2D eigenvalue weighted by molar-refractivity contribution is -0.131. The van der Waals surface area contributed by atoms with Gasteiger partial charge in [0.15, 0.2) is 0 Å². The molecule has 4 nitrogen and oxygen atoms in total. The minimum atomic E-state index is 0.195. The Bertz CT molecular complexity index is 880. The van der Waals surface area contributed by atoms with Gasteiger partial charge in [-0.05, 0) is 42.7 Å². The lowest BCUT2D eigenvalue weighted by Crippen LogP contribution is -2.38. The summed E-state index contributed by atoms with van der Waals surface area (Å²) < 4.78 is 6.49. The molecule has 3 aromatic rings. The zero-order chi connectivity index (χ0) is 17.9. The number of benzene rings is 2. The van der Waals surface area contributed by atoms with E-state index in [9.17, 15) is 4.79 Å². The predicted molar refractivity (Wildman–Crippen MR) is 105 cm³/mol. The molecule has 1 fully saturated rings. The van der Waals surface area contributed by atoms with E-state index in [1.54, 1.807) is 18.4 Å². The molecule has 0 unspecified atom stereocenters. The number of methoxy groups -OCH3 is 1. The van der Waals surface area contributed by atoms with Crippen LogP contribution in [0.3, 0.4) is 0 Å². The van der Waals surface area contributed by atoms with Crippen LogP contribution in [0.2, 0.25) is 0 Å². The molecule has 5 heteroatoms. The Balaban J connectivity index is 1.37. The maximum atomic E-state index is 12.6. The van der Waals surface area contributed by atoms with Crippen LogP contribution in [0.15, 0.2) is 48.5 Å². The van der Waals surface area contributed by atoms with E-state index < -0.39 is 0 Å². The highest BCUT2D eigenvalue weighted by Crippen LogP contribution is 2.33. The summed E-state index contributed by atoms with van der Waals surface area (Å²) in [6, 6.07) is 16.0. The zero-order valence-corrected chi connectivity index (χ0v) is 15.7. The number of carbonyl (C=O) groups is 1. The Morgan fingerprint density at radius 2 is 2.00 bits per heavy atom. The normalized spacial score (nSPS) is 15.3. The molecule has 4 rings (SSSR count). The van der Waals surface area contributed by atoms with Crippen molar-refractivity contribution in [3.63, 3.8) is 0 Å². The van der Waals surface area contributed by atoms with Crippen LogP contribution in [0.5, 0.6) is 5.75 Å². The van der Waals surface area contributed by atoms with Crippen LogP contribution in [0.25, 0.3) is 10.2 Å². The van der Waals surface area contributed by atoms with Crippen molar-refractivity contribution < 1.29 is 9.53 Å². The Kier molecular flexibility index (Phi) is 4.89. The van der Waals surface area contributed by atoms with Crippen LogP contribution in [-0.2, 0) is 11.2 Å². The highest BCUT2D eigenvalue weighted by Gasteiger charge is 2.25. The number of aromatic nitrogens is 1. The van der Waals surface area contributed by atoms with Crippen molar-refractivity contribution in [3.8, 4) is 5.75 Å². The third-order valence-electron chi connectivity index (χ3n) is 5.00. The number of ether oxygens (including phenoxy) is 1. The molecule has 0 bridgehead atoms. The zero-order valence-electron chi connectivity index (χ0n) is 14.9. The topological polar surface area (TPSA) is 42.4 Å². The Morgan fingerprint density at radius 3 is 2.77 bits per heavy atom. The molecular weight excluding hydrogens is 344 g/mol. The van der Waals surface area contributed by atoms with Gasteiger partial charge in [-0.2, -0.15) is 0 Å². The maximum Gasteiger partial charge on any atom is 0.226 e. The molecule has 26 heavy (non-hydrogen) atoms. The number of likely N-dealkylation sites (tertiary alicyclic amines) is 1. The van der Waals surface area contributed by atoms with Crippen molar-refractivity contribution in [3.05, 3.63) is 59.1 Å². The van der Waals surface area contributed by atoms with Crippen LogP contribution in [0, 0.1) is 0 Å². The van der Waals surface area contributed by atoms with Gasteiger partial charge in [-0.15, -0.1) is 11.3 Å². The predicted octanol–water partition coefficient (Wildman–Crippen LogP) is 4.25. The second-order valence-electron chi connectivity index (χ2n) is 6.70. The van der Waals surface area contributed by atoms with Crippen LogP contribution in [0.4, 0.5) is 0 Å². The molecule has 1 aliphatic rings. The van der Waals surface area contributed by atoms with Crippen LogP contribution in [-0.4, -0.2) is 36.0 Å². The second kappa shape index (κ2) is 7.46. The fourth-order valence-corrected chi connectivity index (χ4v) is 4.65. The molecule has 1 amide bonds. The van der Waals surface area contributed by atoms with Gasteiger partial charge in [-0.1, -0.05) is 24.3 Å². The molecule has 0 radical (unpaired) electrons. The smallest absolute Gasteiger partial charge is 0.226 e. The van der Waals surface area contributed by atoms with Gasteiger partial charge in [0.05, 0.1) is 28.8 Å². The SMILES string of the molecule is COc1cccc(CC(=O)N2CCC(c3nc4ccccc4s3)CC2)c1. The number of rotatable bonds is 4. The number of thiazole rings is 1. The summed E-state index contributed by atoms with van der Waals surface area (Å²) in [5, 5.41) is 1.21. The van der Waals surface area contributed by atoms with Gasteiger partial charge in [0.2, 0.25) is 5.91 Å². The van der Waals surface area contributed by atoms with Gasteiger partial charge in [0.25, 0.3) is 0 Å². The number of piperidine rings is 1. The molecule has 1 saturated heterocycles. The molecule has 0 spiro atoms. The lowest BCUT2D eigenvalue weighted by Gasteiger charge is -2.31. The molecule has 1 aliphatic heterocycles. The summed E-state index contributed by atoms with van der Waals surface area (Å²) in [4.78, 5) is 19.4. The monoisotopic (exact) mass is 366 g/mol. The van der Waals surface area contributed by atoms with Crippen molar-refractivity contribution in [2.45, 2.75) is 25.2 Å². The Hall–Kier alpha value is -2.40. The average Bonchev–Trinajstić information content (AvgIpc) is 3.12. The van der Waals surface area contributed by atoms with E-state index in [0.717, 1.165) is 42.8 Å². The van der Waals surface area contributed by atoms with Crippen molar-refractivity contribution in [2.24, 2.45) is 0 Å². The van der Waals surface area contributed by atoms with Gasteiger partial charge in [0, 0.05) is 19.0 Å². The van der Waals surface area contributed by atoms with E-state index in [2.05, 4.69) is 18.2 Å². The number of nitrogens with zero attached hydrogens (tertiary/aromatic N) is 2. The number of hydrogen-bond donors (Lipinski definition) is 0. The van der Waals surface area contributed by atoms with Crippen molar-refractivity contribution >= 4 is 27.5 Å². The van der Waals surface area contributed by atoms with Crippen molar-refractivity contribution in [1.82, 2.24) is 9.88 Å². The van der Waals surface area contributed by atoms with Gasteiger partial charge in [0.1, 0.15) is 5.75 Å². The fraction of sp³-hybridized carbons (Fsp3) is 0.333. The van der Waals surface area contributed by atoms with Crippen LogP contribution < -0.4 is 4.74 Å². The molecule has 0 saturated carbocycles. The summed E-state index contributed by atoms with van der Waals surface area (Å²) in [7, 11) is 1.65. The maximum absolute atomic E-state index is 12.6. The number of fused-ring (bicyclic) bond motifs is 1. The first-order valence-electron chi connectivity index (χ1n) is 8.99. The number of amides is 1. The molecule has 134 valence electrons. The number of carbonyl (C=O) groups excluding carboxylic acids is 1. The first kappa shape index (κ1) is 17.0. The van der Waals surface area contributed by atoms with Gasteiger partial charge < -0.3 is 9.64 Å². The summed E-state index contributed by atoms with van der Waals surface area (Å²) >= 11 is 1.79. The minimum absolute atomic E-state index is 0.195. The standard InChI is InChI=1S/C21H22N2O2S/c1-25-17-6-4-5-15(13-17)14-20(24)23-11-9-16(10-12-23)21-22-18-7-2-3-8-19(18)26-21/h2-8,13,16H,9-12,14H2,1H3. The van der Waals surface area contributed by atoms with Gasteiger partial charge >= 0.3 is 0 Å². The van der Waals surface area contributed by atoms with E-state index in [-0.39, 0.29) is 5.91 Å². The molecule has 0 atom stereocenters. The summed E-state index contributed by atoms with van der Waals surface area (Å²) in [6.45, 7) is 1.62. The Labute approximate surface area is 157 Å². The van der Waals surface area contributed by atoms with Crippen molar-refractivity contribution in [1.29, 1.82) is 0 Å². The van der Waals surface area contributed by atoms with E-state index in [1.807, 2.05) is 35.2 Å². The first-order valence-corrected chi connectivity index (χ1v) is 9.81. The van der Waals surface area contributed by atoms with Gasteiger partial charge in [-0.25, -0.2) is 4.98 Å². The van der Waals surface area contributed by atoms with Crippen molar-refractivity contribution in [2.75, 3.05) is 20.2 Å². The fourth-order valence-electron chi connectivity index (χ4n) is 3.51. The number of para-hydroxylation sites is 1. The summed E-state index contributed by atoms with van der Waals surface area (Å²) in [6.07, 6.45) is 2.41. The van der Waals surface area contributed by atoms with E-state index in [4.69, 9.17) is 9.72 Å². The summed E-state index contributed by atoms with van der Waals surface area (Å²) in [5.41, 5.74) is 2.09. The van der Waals surface area contributed by atoms with Gasteiger partial charge in [-0.3, -0.25) is 4.79 Å². The molecular formula is C21H22N2O2S. The minimum Gasteiger partial charge on any atom is -0.497 e. The third kappa shape index (κ3) is 3.58. The molecule has 1 aromatic heterocycles. The number of hydrogen-bond acceptors (Lipinski definition) is 4. The highest BCUT2D eigenvalue weighted by molar-refractivity contribution is 7.18. The quantitative estimate of drug-likeness (QED) is 0.693. The Morgan fingerprint density at radius 1 is 1.19 bits per heavy atom. The molecule has 0 aliphatic carbocycles. The summed E-state index contributed by atoms with van der Waals surface area (Å²) in [5.74, 6) is 1.46. The third-order valence-corrected chi connectivity index (χ3v) is 6.20. The van der Waals surface area contributed by atoms with Crippen LogP contribution >= 0.6 is 11.3 Å². The molecule has 2 heterocycles. The van der Waals surface area contributed by atoms with E-state index in [0.29, 0.717) is 12.3 Å². The first-order chi connectivity index (χ1) is 12.7. The average molecular weight is 366 g/mol. The highest BCUT2D eigenvalue weighted by atomic mass is 32.1. The molecule has 2 aromatic carbocycles.